The molecule has 1 fully saturated rings. The van der Waals surface area contributed by atoms with Crippen molar-refractivity contribution in [1.82, 2.24) is 9.66 Å². The van der Waals surface area contributed by atoms with Crippen LogP contribution in [-0.4, -0.2) is 27.6 Å². The van der Waals surface area contributed by atoms with Crippen LogP contribution in [0.1, 0.15) is 38.9 Å². The molecule has 1 aliphatic rings. The minimum Gasteiger partial charge on any atom is -0.306 e. The quantitative estimate of drug-likeness (QED) is 0.743. The van der Waals surface area contributed by atoms with E-state index < -0.39 is 0 Å². The zero-order chi connectivity index (χ0) is 15.0. The maximum Gasteiger partial charge on any atom is 0.130 e. The molecule has 0 spiro atoms. The van der Waals surface area contributed by atoms with Gasteiger partial charge in [-0.05, 0) is 51.3 Å². The minimum atomic E-state index is 0.531. The molecular weight excluding hydrogens is 350 g/mol. The van der Waals surface area contributed by atoms with E-state index in [1.54, 1.807) is 0 Å². The van der Waals surface area contributed by atoms with Gasteiger partial charge in [0.05, 0.1) is 11.0 Å². The first-order valence-electron chi connectivity index (χ1n) is 7.63. The highest BCUT2D eigenvalue weighted by Gasteiger charge is 2.28. The molecule has 2 atom stereocenters. The van der Waals surface area contributed by atoms with Gasteiger partial charge in [-0.2, -0.15) is 0 Å². The Morgan fingerprint density at radius 3 is 2.67 bits per heavy atom. The molecule has 1 aromatic heterocycles. The first kappa shape index (κ1) is 15.2. The van der Waals surface area contributed by atoms with Crippen LogP contribution in [0.25, 0.3) is 11.0 Å². The first-order chi connectivity index (χ1) is 10.1. The maximum absolute atomic E-state index is 6.00. The number of aryl methyl sites for hydroxylation is 1. The molecule has 114 valence electrons. The molecule has 0 bridgehead atoms. The summed E-state index contributed by atoms with van der Waals surface area (Å²) in [5.41, 5.74) is 2.22. The number of alkyl halides is 1. The summed E-state index contributed by atoms with van der Waals surface area (Å²) in [6.45, 7) is 4.62. The highest BCUT2D eigenvalue weighted by molar-refractivity contribution is 9.10. The first-order valence-corrected chi connectivity index (χ1v) is 8.96. The van der Waals surface area contributed by atoms with Crippen molar-refractivity contribution < 1.29 is 0 Å². The number of benzene rings is 1. The van der Waals surface area contributed by atoms with Crippen molar-refractivity contribution in [3.63, 3.8) is 0 Å². The average Bonchev–Trinajstić information content (AvgIpc) is 2.77. The molecule has 3 nitrogen and oxygen atoms in total. The number of hydrogen-bond donors (Lipinski definition) is 0. The summed E-state index contributed by atoms with van der Waals surface area (Å²) < 4.78 is 3.38. The number of rotatable bonds is 3. The predicted molar refractivity (Wildman–Crippen MR) is 92.8 cm³/mol. The van der Waals surface area contributed by atoms with Crippen LogP contribution >= 0.6 is 27.5 Å². The Balaban J connectivity index is 2.16. The molecule has 0 saturated carbocycles. The minimum absolute atomic E-state index is 0.531. The molecular formula is C16H21BrClN3. The Morgan fingerprint density at radius 2 is 2.00 bits per heavy atom. The fraction of sp³-hybridized carbons (Fsp3) is 0.562. The predicted octanol–water partition coefficient (Wildman–Crippen LogP) is 4.48. The Labute approximate surface area is 139 Å². The zero-order valence-corrected chi connectivity index (χ0v) is 14.9. The second-order valence-corrected chi connectivity index (χ2v) is 7.21. The molecule has 2 unspecified atom stereocenters. The van der Waals surface area contributed by atoms with Gasteiger partial charge in [-0.3, -0.25) is 0 Å². The molecule has 3 rings (SSSR count). The van der Waals surface area contributed by atoms with Gasteiger partial charge < -0.3 is 5.01 Å². The van der Waals surface area contributed by atoms with Crippen molar-refractivity contribution >= 4 is 38.6 Å². The van der Waals surface area contributed by atoms with Crippen LogP contribution in [0, 0.1) is 0 Å². The van der Waals surface area contributed by atoms with E-state index in [4.69, 9.17) is 16.6 Å². The third-order valence-corrected chi connectivity index (χ3v) is 5.04. The SMILES string of the molecule is CC1CCCC(C)N1n1c(CCCl)nc2cc(Br)ccc21. The number of imidazole rings is 1. The van der Waals surface area contributed by atoms with Crippen molar-refractivity contribution in [3.05, 3.63) is 28.5 Å². The van der Waals surface area contributed by atoms with Crippen LogP contribution in [0.5, 0.6) is 0 Å². The number of piperidine rings is 1. The van der Waals surface area contributed by atoms with Gasteiger partial charge in [0.25, 0.3) is 0 Å². The molecule has 0 amide bonds. The monoisotopic (exact) mass is 369 g/mol. The van der Waals surface area contributed by atoms with Crippen LogP contribution in [-0.2, 0) is 6.42 Å². The lowest BCUT2D eigenvalue weighted by Gasteiger charge is -2.42. The highest BCUT2D eigenvalue weighted by Crippen LogP contribution is 2.27. The van der Waals surface area contributed by atoms with E-state index in [2.05, 4.69) is 57.7 Å². The molecule has 21 heavy (non-hydrogen) atoms. The van der Waals surface area contributed by atoms with Gasteiger partial charge in [-0.1, -0.05) is 15.9 Å². The van der Waals surface area contributed by atoms with E-state index in [0.29, 0.717) is 18.0 Å². The van der Waals surface area contributed by atoms with Gasteiger partial charge in [0.2, 0.25) is 0 Å². The second kappa shape index (κ2) is 6.17. The Morgan fingerprint density at radius 1 is 1.29 bits per heavy atom. The lowest BCUT2D eigenvalue weighted by molar-refractivity contribution is 0.336. The number of halogens is 2. The molecule has 2 aromatic rings. The highest BCUT2D eigenvalue weighted by atomic mass is 79.9. The molecule has 0 radical (unpaired) electrons. The smallest absolute Gasteiger partial charge is 0.130 e. The van der Waals surface area contributed by atoms with Crippen molar-refractivity contribution in [3.8, 4) is 0 Å². The summed E-state index contributed by atoms with van der Waals surface area (Å²) >= 11 is 9.53. The maximum atomic E-state index is 6.00. The zero-order valence-electron chi connectivity index (χ0n) is 12.5. The standard InChI is InChI=1S/C16H21BrClN3/c1-11-4-3-5-12(2)20(11)21-15-7-6-13(17)10-14(15)19-16(21)8-9-18/h6-7,10-12H,3-5,8-9H2,1-2H3. The fourth-order valence-corrected chi connectivity index (χ4v) is 3.91. The van der Waals surface area contributed by atoms with E-state index in [1.807, 2.05) is 0 Å². The summed E-state index contributed by atoms with van der Waals surface area (Å²) in [5, 5.41) is 2.49. The fourth-order valence-electron chi connectivity index (χ4n) is 3.40. The number of aromatic nitrogens is 2. The van der Waals surface area contributed by atoms with E-state index in [9.17, 15) is 0 Å². The van der Waals surface area contributed by atoms with E-state index in [0.717, 1.165) is 22.2 Å². The summed E-state index contributed by atoms with van der Waals surface area (Å²) in [6.07, 6.45) is 4.58. The third kappa shape index (κ3) is 2.80. The summed E-state index contributed by atoms with van der Waals surface area (Å²) in [4.78, 5) is 4.81. The average molecular weight is 371 g/mol. The van der Waals surface area contributed by atoms with Gasteiger partial charge in [-0.25, -0.2) is 9.66 Å². The molecule has 0 aliphatic carbocycles. The molecule has 1 aliphatic heterocycles. The molecule has 5 heteroatoms. The number of hydrogen-bond acceptors (Lipinski definition) is 2. The van der Waals surface area contributed by atoms with Gasteiger partial charge in [0.15, 0.2) is 0 Å². The van der Waals surface area contributed by atoms with E-state index >= 15 is 0 Å². The normalized spacial score (nSPS) is 23.0. The van der Waals surface area contributed by atoms with E-state index in [-0.39, 0.29) is 0 Å². The molecule has 1 saturated heterocycles. The lowest BCUT2D eigenvalue weighted by Crippen LogP contribution is -2.51. The largest absolute Gasteiger partial charge is 0.306 e. The van der Waals surface area contributed by atoms with Crippen molar-refractivity contribution in [2.75, 3.05) is 10.9 Å². The Kier molecular flexibility index (Phi) is 4.46. The second-order valence-electron chi connectivity index (χ2n) is 5.92. The van der Waals surface area contributed by atoms with Crippen molar-refractivity contribution in [2.24, 2.45) is 0 Å². The lowest BCUT2D eigenvalue weighted by atomic mass is 10.00. The number of nitrogens with zero attached hydrogens (tertiary/aromatic N) is 3. The Bertz CT molecular complexity index is 630. The van der Waals surface area contributed by atoms with E-state index in [1.165, 1.54) is 24.8 Å². The van der Waals surface area contributed by atoms with Crippen LogP contribution < -0.4 is 5.01 Å². The van der Waals surface area contributed by atoms with Crippen molar-refractivity contribution in [1.29, 1.82) is 0 Å². The molecule has 1 aromatic carbocycles. The van der Waals surface area contributed by atoms with Crippen LogP contribution in [0.2, 0.25) is 0 Å². The number of fused-ring (bicyclic) bond motifs is 1. The topological polar surface area (TPSA) is 21.1 Å². The van der Waals surface area contributed by atoms with Crippen LogP contribution in [0.3, 0.4) is 0 Å². The third-order valence-electron chi connectivity index (χ3n) is 4.36. The van der Waals surface area contributed by atoms with Crippen LogP contribution in [0.4, 0.5) is 0 Å². The summed E-state index contributed by atoms with van der Waals surface area (Å²) in [5.74, 6) is 1.67. The Hall–Kier alpha value is -0.740. The summed E-state index contributed by atoms with van der Waals surface area (Å²) in [6, 6.07) is 7.39. The molecule has 0 N–H and O–H groups in total. The van der Waals surface area contributed by atoms with Crippen molar-refractivity contribution in [2.45, 2.75) is 51.6 Å². The van der Waals surface area contributed by atoms with Crippen LogP contribution in [0.15, 0.2) is 22.7 Å². The van der Waals surface area contributed by atoms with Gasteiger partial charge in [-0.15, -0.1) is 11.6 Å². The van der Waals surface area contributed by atoms with Gasteiger partial charge in [0, 0.05) is 28.9 Å². The molecule has 2 heterocycles. The van der Waals surface area contributed by atoms with Gasteiger partial charge >= 0.3 is 0 Å². The summed E-state index contributed by atoms with van der Waals surface area (Å²) in [7, 11) is 0. The van der Waals surface area contributed by atoms with Gasteiger partial charge in [0.1, 0.15) is 5.82 Å².